The first-order chi connectivity index (χ1) is 7.92. The fraction of sp³-hybridized carbons (Fsp3) is 0.429. The first-order valence-electron chi connectivity index (χ1n) is 6.06. The molecule has 16 heavy (non-hydrogen) atoms. The molecule has 0 bridgehead atoms. The van der Waals surface area contributed by atoms with E-state index in [-0.39, 0.29) is 0 Å². The lowest BCUT2D eigenvalue weighted by molar-refractivity contribution is 0.676. The SMILES string of the molecule is C=CCCCN1CCNCc2ccccc21. The molecule has 1 aliphatic rings. The highest BCUT2D eigenvalue weighted by molar-refractivity contribution is 5.54. The van der Waals surface area contributed by atoms with Crippen LogP contribution in [-0.2, 0) is 6.54 Å². The molecular weight excluding hydrogens is 196 g/mol. The Morgan fingerprint density at radius 1 is 1.38 bits per heavy atom. The van der Waals surface area contributed by atoms with Gasteiger partial charge in [0.05, 0.1) is 0 Å². The van der Waals surface area contributed by atoms with Gasteiger partial charge in [-0.05, 0) is 24.5 Å². The number of allylic oxidation sites excluding steroid dienone is 1. The van der Waals surface area contributed by atoms with Gasteiger partial charge >= 0.3 is 0 Å². The largest absolute Gasteiger partial charge is 0.370 e. The fourth-order valence-electron chi connectivity index (χ4n) is 2.19. The van der Waals surface area contributed by atoms with Crippen molar-refractivity contribution >= 4 is 5.69 Å². The van der Waals surface area contributed by atoms with E-state index in [4.69, 9.17) is 0 Å². The van der Waals surface area contributed by atoms with Crippen LogP contribution in [0.25, 0.3) is 0 Å². The summed E-state index contributed by atoms with van der Waals surface area (Å²) < 4.78 is 0. The molecule has 0 unspecified atom stereocenters. The Bertz CT molecular complexity index is 346. The van der Waals surface area contributed by atoms with Gasteiger partial charge in [-0.15, -0.1) is 6.58 Å². The van der Waals surface area contributed by atoms with E-state index in [2.05, 4.69) is 41.1 Å². The number of fused-ring (bicyclic) bond motifs is 1. The highest BCUT2D eigenvalue weighted by Crippen LogP contribution is 2.22. The van der Waals surface area contributed by atoms with Crippen LogP contribution in [-0.4, -0.2) is 19.6 Å². The van der Waals surface area contributed by atoms with E-state index in [1.165, 1.54) is 17.7 Å². The third-order valence-corrected chi connectivity index (χ3v) is 3.04. The average Bonchev–Trinajstić information content (AvgIpc) is 2.52. The van der Waals surface area contributed by atoms with Crippen LogP contribution in [0.2, 0.25) is 0 Å². The van der Waals surface area contributed by atoms with Crippen LogP contribution in [0.5, 0.6) is 0 Å². The molecule has 0 aromatic heterocycles. The lowest BCUT2D eigenvalue weighted by Crippen LogP contribution is -2.29. The molecule has 0 fully saturated rings. The Morgan fingerprint density at radius 2 is 2.25 bits per heavy atom. The predicted molar refractivity (Wildman–Crippen MR) is 69.8 cm³/mol. The van der Waals surface area contributed by atoms with Crippen molar-refractivity contribution in [3.8, 4) is 0 Å². The quantitative estimate of drug-likeness (QED) is 0.614. The maximum absolute atomic E-state index is 3.78. The number of unbranched alkanes of at least 4 members (excludes halogenated alkanes) is 1. The first-order valence-corrected chi connectivity index (χ1v) is 6.06. The third-order valence-electron chi connectivity index (χ3n) is 3.04. The second-order valence-corrected chi connectivity index (χ2v) is 4.22. The Kier molecular flexibility index (Phi) is 4.00. The summed E-state index contributed by atoms with van der Waals surface area (Å²) in [5.74, 6) is 0. The van der Waals surface area contributed by atoms with Gasteiger partial charge < -0.3 is 10.2 Å². The van der Waals surface area contributed by atoms with Gasteiger partial charge in [0.1, 0.15) is 0 Å². The predicted octanol–water partition coefficient (Wildman–Crippen LogP) is 2.56. The number of benzene rings is 1. The van der Waals surface area contributed by atoms with Crippen molar-refractivity contribution < 1.29 is 0 Å². The van der Waals surface area contributed by atoms with E-state index >= 15 is 0 Å². The van der Waals surface area contributed by atoms with E-state index in [1.807, 2.05) is 6.08 Å². The number of hydrogen-bond donors (Lipinski definition) is 1. The second kappa shape index (κ2) is 5.71. The van der Waals surface area contributed by atoms with E-state index in [9.17, 15) is 0 Å². The fourth-order valence-corrected chi connectivity index (χ4v) is 2.19. The summed E-state index contributed by atoms with van der Waals surface area (Å²) >= 11 is 0. The van der Waals surface area contributed by atoms with Gasteiger partial charge in [0.25, 0.3) is 0 Å². The molecule has 1 N–H and O–H groups in total. The maximum atomic E-state index is 3.78. The maximum Gasteiger partial charge on any atom is 0.0412 e. The Labute approximate surface area is 98.0 Å². The molecule has 0 radical (unpaired) electrons. The van der Waals surface area contributed by atoms with Crippen molar-refractivity contribution in [2.45, 2.75) is 19.4 Å². The molecule has 0 amide bonds. The van der Waals surface area contributed by atoms with Crippen LogP contribution >= 0.6 is 0 Å². The molecule has 0 spiro atoms. The van der Waals surface area contributed by atoms with Crippen LogP contribution in [0, 0.1) is 0 Å². The van der Waals surface area contributed by atoms with Gasteiger partial charge in [0.15, 0.2) is 0 Å². The van der Waals surface area contributed by atoms with Crippen LogP contribution in [0.3, 0.4) is 0 Å². The lowest BCUT2D eigenvalue weighted by atomic mass is 10.1. The van der Waals surface area contributed by atoms with Gasteiger partial charge in [-0.2, -0.15) is 0 Å². The van der Waals surface area contributed by atoms with E-state index < -0.39 is 0 Å². The van der Waals surface area contributed by atoms with Crippen LogP contribution in [0.4, 0.5) is 5.69 Å². The van der Waals surface area contributed by atoms with Gasteiger partial charge in [-0.25, -0.2) is 0 Å². The summed E-state index contributed by atoms with van der Waals surface area (Å²) in [5.41, 5.74) is 2.81. The summed E-state index contributed by atoms with van der Waals surface area (Å²) in [4.78, 5) is 2.48. The number of para-hydroxylation sites is 1. The summed E-state index contributed by atoms with van der Waals surface area (Å²) in [6.07, 6.45) is 4.30. The molecule has 2 rings (SSSR count). The van der Waals surface area contributed by atoms with Crippen molar-refractivity contribution in [3.05, 3.63) is 42.5 Å². The molecule has 0 saturated heterocycles. The van der Waals surface area contributed by atoms with Crippen LogP contribution < -0.4 is 10.2 Å². The van der Waals surface area contributed by atoms with Gasteiger partial charge in [0, 0.05) is 31.9 Å². The molecule has 0 aliphatic carbocycles. The first kappa shape index (κ1) is 11.2. The zero-order valence-corrected chi connectivity index (χ0v) is 9.78. The highest BCUT2D eigenvalue weighted by Gasteiger charge is 2.13. The number of rotatable bonds is 4. The molecule has 2 heteroatoms. The van der Waals surface area contributed by atoms with E-state index in [0.29, 0.717) is 0 Å². The van der Waals surface area contributed by atoms with Gasteiger partial charge in [-0.3, -0.25) is 0 Å². The van der Waals surface area contributed by atoms with Crippen molar-refractivity contribution in [2.24, 2.45) is 0 Å². The molecule has 0 saturated carbocycles. The average molecular weight is 216 g/mol. The molecule has 86 valence electrons. The molecule has 2 nitrogen and oxygen atoms in total. The normalized spacial score (nSPS) is 15.4. The Hall–Kier alpha value is -1.28. The minimum absolute atomic E-state index is 0.994. The lowest BCUT2D eigenvalue weighted by Gasteiger charge is -2.24. The summed E-state index contributed by atoms with van der Waals surface area (Å²) in [5, 5.41) is 3.46. The number of hydrogen-bond acceptors (Lipinski definition) is 2. The van der Waals surface area contributed by atoms with Crippen LogP contribution in [0.15, 0.2) is 36.9 Å². The molecule has 1 heterocycles. The minimum Gasteiger partial charge on any atom is -0.370 e. The van der Waals surface area contributed by atoms with E-state index in [1.54, 1.807) is 0 Å². The van der Waals surface area contributed by atoms with Crippen molar-refractivity contribution in [1.82, 2.24) is 5.32 Å². The van der Waals surface area contributed by atoms with Crippen LogP contribution in [0.1, 0.15) is 18.4 Å². The standard InChI is InChI=1S/C14H20N2/c1-2-3-6-10-16-11-9-15-12-13-7-4-5-8-14(13)16/h2,4-5,7-8,15H,1,3,6,9-12H2. The number of nitrogens with zero attached hydrogens (tertiary/aromatic N) is 1. The zero-order valence-electron chi connectivity index (χ0n) is 9.78. The smallest absolute Gasteiger partial charge is 0.0412 e. The van der Waals surface area contributed by atoms with E-state index in [0.717, 1.165) is 32.6 Å². The summed E-state index contributed by atoms with van der Waals surface area (Å²) in [6.45, 7) is 8.08. The van der Waals surface area contributed by atoms with Crippen molar-refractivity contribution in [2.75, 3.05) is 24.5 Å². The number of nitrogens with one attached hydrogen (secondary N) is 1. The molecular formula is C14H20N2. The minimum atomic E-state index is 0.994. The number of anilines is 1. The van der Waals surface area contributed by atoms with Gasteiger partial charge in [0.2, 0.25) is 0 Å². The Balaban J connectivity index is 2.09. The monoisotopic (exact) mass is 216 g/mol. The topological polar surface area (TPSA) is 15.3 Å². The third kappa shape index (κ3) is 2.64. The summed E-state index contributed by atoms with van der Waals surface area (Å²) in [6, 6.07) is 8.70. The second-order valence-electron chi connectivity index (χ2n) is 4.22. The van der Waals surface area contributed by atoms with Crippen molar-refractivity contribution in [1.29, 1.82) is 0 Å². The molecule has 0 atom stereocenters. The molecule has 1 aromatic rings. The van der Waals surface area contributed by atoms with Gasteiger partial charge in [-0.1, -0.05) is 24.3 Å². The van der Waals surface area contributed by atoms with Crippen molar-refractivity contribution in [3.63, 3.8) is 0 Å². The molecule has 1 aliphatic heterocycles. The Morgan fingerprint density at radius 3 is 3.12 bits per heavy atom. The molecule has 1 aromatic carbocycles. The highest BCUT2D eigenvalue weighted by atomic mass is 15.2. The zero-order chi connectivity index (χ0) is 11.2. The summed E-state index contributed by atoms with van der Waals surface area (Å²) in [7, 11) is 0.